The second-order valence-electron chi connectivity index (χ2n) is 5.53. The molecular formula is C18H24O5. The first-order valence-corrected chi connectivity index (χ1v) is 7.77. The Kier molecular flexibility index (Phi) is 6.62. The van der Waals surface area contributed by atoms with E-state index in [1.165, 1.54) is 7.11 Å². The van der Waals surface area contributed by atoms with Gasteiger partial charge < -0.3 is 18.9 Å². The van der Waals surface area contributed by atoms with Crippen LogP contribution in [0.25, 0.3) is 0 Å². The number of hydrogen-bond acceptors (Lipinski definition) is 5. The van der Waals surface area contributed by atoms with Crippen LogP contribution in [-0.2, 0) is 25.6 Å². The molecule has 0 aromatic heterocycles. The summed E-state index contributed by atoms with van der Waals surface area (Å²) in [6, 6.07) is 7.81. The van der Waals surface area contributed by atoms with E-state index in [0.29, 0.717) is 18.8 Å². The molecule has 1 aromatic rings. The van der Waals surface area contributed by atoms with Crippen LogP contribution in [-0.4, -0.2) is 39.0 Å². The highest BCUT2D eigenvalue weighted by Crippen LogP contribution is 2.27. The SMILES string of the molecule is C=C(C(=O)OC)[C@@H]1CC[C@H](CCOCc2ccc(OC)cc2)O1. The van der Waals surface area contributed by atoms with E-state index in [1.54, 1.807) is 7.11 Å². The van der Waals surface area contributed by atoms with Gasteiger partial charge in [-0.15, -0.1) is 0 Å². The van der Waals surface area contributed by atoms with Crippen LogP contribution in [0.4, 0.5) is 0 Å². The molecule has 0 bridgehead atoms. The highest BCUT2D eigenvalue weighted by molar-refractivity contribution is 5.88. The smallest absolute Gasteiger partial charge is 0.335 e. The van der Waals surface area contributed by atoms with Crippen molar-refractivity contribution >= 4 is 5.97 Å². The zero-order chi connectivity index (χ0) is 16.7. The van der Waals surface area contributed by atoms with Crippen molar-refractivity contribution in [2.45, 2.75) is 38.1 Å². The molecule has 1 fully saturated rings. The Morgan fingerprint density at radius 1 is 1.26 bits per heavy atom. The van der Waals surface area contributed by atoms with Crippen molar-refractivity contribution in [1.29, 1.82) is 0 Å². The van der Waals surface area contributed by atoms with Crippen LogP contribution < -0.4 is 4.74 Å². The number of rotatable bonds is 8. The number of methoxy groups -OCH3 is 2. The number of esters is 1. The van der Waals surface area contributed by atoms with Crippen LogP contribution in [0.5, 0.6) is 5.75 Å². The van der Waals surface area contributed by atoms with Crippen LogP contribution >= 0.6 is 0 Å². The molecule has 5 heteroatoms. The topological polar surface area (TPSA) is 54.0 Å². The van der Waals surface area contributed by atoms with Crippen LogP contribution in [0, 0.1) is 0 Å². The predicted octanol–water partition coefficient (Wildman–Crippen LogP) is 2.88. The molecule has 5 nitrogen and oxygen atoms in total. The minimum Gasteiger partial charge on any atom is -0.497 e. The second-order valence-corrected chi connectivity index (χ2v) is 5.53. The summed E-state index contributed by atoms with van der Waals surface area (Å²) >= 11 is 0. The van der Waals surface area contributed by atoms with Gasteiger partial charge in [-0.05, 0) is 37.0 Å². The highest BCUT2D eigenvalue weighted by atomic mass is 16.5. The summed E-state index contributed by atoms with van der Waals surface area (Å²) in [5.74, 6) is 0.441. The lowest BCUT2D eigenvalue weighted by atomic mass is 10.1. The van der Waals surface area contributed by atoms with Crippen molar-refractivity contribution in [2.75, 3.05) is 20.8 Å². The van der Waals surface area contributed by atoms with E-state index in [0.717, 1.165) is 30.6 Å². The molecule has 0 amide bonds. The third-order valence-electron chi connectivity index (χ3n) is 3.96. The number of hydrogen-bond donors (Lipinski definition) is 0. The van der Waals surface area contributed by atoms with E-state index in [2.05, 4.69) is 11.3 Å². The maximum absolute atomic E-state index is 11.4. The van der Waals surface area contributed by atoms with Crippen molar-refractivity contribution in [3.63, 3.8) is 0 Å². The maximum atomic E-state index is 11.4. The van der Waals surface area contributed by atoms with Gasteiger partial charge in [0.1, 0.15) is 5.75 Å². The van der Waals surface area contributed by atoms with E-state index < -0.39 is 5.97 Å². The van der Waals surface area contributed by atoms with Gasteiger partial charge in [0.25, 0.3) is 0 Å². The number of benzene rings is 1. The molecule has 1 aliphatic rings. The highest BCUT2D eigenvalue weighted by Gasteiger charge is 2.30. The molecular weight excluding hydrogens is 296 g/mol. The largest absolute Gasteiger partial charge is 0.497 e. The van der Waals surface area contributed by atoms with Crippen molar-refractivity contribution in [1.82, 2.24) is 0 Å². The van der Waals surface area contributed by atoms with Gasteiger partial charge in [-0.1, -0.05) is 18.7 Å². The summed E-state index contributed by atoms with van der Waals surface area (Å²) in [6.45, 7) is 4.93. The summed E-state index contributed by atoms with van der Waals surface area (Å²) in [5.41, 5.74) is 1.50. The Morgan fingerprint density at radius 2 is 2.00 bits per heavy atom. The first kappa shape index (κ1) is 17.5. The van der Waals surface area contributed by atoms with Gasteiger partial charge in [0.05, 0.1) is 38.6 Å². The third kappa shape index (κ3) is 5.08. The predicted molar refractivity (Wildman–Crippen MR) is 86.3 cm³/mol. The lowest BCUT2D eigenvalue weighted by Gasteiger charge is -2.14. The lowest BCUT2D eigenvalue weighted by Crippen LogP contribution is -2.20. The van der Waals surface area contributed by atoms with E-state index in [4.69, 9.17) is 14.2 Å². The molecule has 23 heavy (non-hydrogen) atoms. The monoisotopic (exact) mass is 320 g/mol. The van der Waals surface area contributed by atoms with Crippen LogP contribution in [0.15, 0.2) is 36.4 Å². The van der Waals surface area contributed by atoms with Gasteiger partial charge >= 0.3 is 5.97 Å². The standard InChI is InChI=1S/C18H24O5/c1-13(18(19)21-3)17-9-8-16(23-17)10-11-22-12-14-4-6-15(20-2)7-5-14/h4-7,16-17H,1,8-12H2,2-3H3/t16-,17+/m1/s1. The van der Waals surface area contributed by atoms with Crippen molar-refractivity contribution in [3.05, 3.63) is 42.0 Å². The molecule has 0 N–H and O–H groups in total. The van der Waals surface area contributed by atoms with Crippen LogP contribution in [0.3, 0.4) is 0 Å². The molecule has 0 radical (unpaired) electrons. The van der Waals surface area contributed by atoms with E-state index in [1.807, 2.05) is 24.3 Å². The molecule has 2 atom stereocenters. The molecule has 126 valence electrons. The van der Waals surface area contributed by atoms with Crippen molar-refractivity contribution in [3.8, 4) is 5.75 Å². The summed E-state index contributed by atoms with van der Waals surface area (Å²) < 4.78 is 21.3. The molecule has 1 heterocycles. The molecule has 2 rings (SSSR count). The van der Waals surface area contributed by atoms with Gasteiger partial charge in [-0.25, -0.2) is 4.79 Å². The first-order valence-electron chi connectivity index (χ1n) is 7.77. The first-order chi connectivity index (χ1) is 11.1. The Bertz CT molecular complexity index is 523. The summed E-state index contributed by atoms with van der Waals surface area (Å²) in [7, 11) is 3.00. The molecule has 1 aromatic carbocycles. The Balaban J connectivity index is 1.65. The minimum absolute atomic E-state index is 0.109. The summed E-state index contributed by atoms with van der Waals surface area (Å²) in [5, 5.41) is 0. The quantitative estimate of drug-likeness (QED) is 0.419. The molecule has 0 aliphatic carbocycles. The number of ether oxygens (including phenoxy) is 4. The minimum atomic E-state index is -0.397. The molecule has 1 saturated heterocycles. The summed E-state index contributed by atoms with van der Waals surface area (Å²) in [4.78, 5) is 11.4. The molecule has 0 saturated carbocycles. The fraction of sp³-hybridized carbons (Fsp3) is 0.500. The average molecular weight is 320 g/mol. The molecule has 1 aliphatic heterocycles. The normalized spacial score (nSPS) is 20.3. The zero-order valence-electron chi connectivity index (χ0n) is 13.7. The van der Waals surface area contributed by atoms with Gasteiger partial charge in [-0.3, -0.25) is 0 Å². The average Bonchev–Trinajstić information content (AvgIpc) is 3.06. The lowest BCUT2D eigenvalue weighted by molar-refractivity contribution is -0.137. The number of carbonyl (C=O) groups excluding carboxylic acids is 1. The van der Waals surface area contributed by atoms with Gasteiger partial charge in [0, 0.05) is 6.61 Å². The maximum Gasteiger partial charge on any atom is 0.335 e. The second kappa shape index (κ2) is 8.70. The van der Waals surface area contributed by atoms with Crippen LogP contribution in [0.1, 0.15) is 24.8 Å². The fourth-order valence-electron chi connectivity index (χ4n) is 2.56. The number of carbonyl (C=O) groups is 1. The fourth-order valence-corrected chi connectivity index (χ4v) is 2.56. The van der Waals surface area contributed by atoms with Gasteiger partial charge in [0.2, 0.25) is 0 Å². The van der Waals surface area contributed by atoms with Gasteiger partial charge in [0.15, 0.2) is 0 Å². The van der Waals surface area contributed by atoms with E-state index in [-0.39, 0.29) is 12.2 Å². The Morgan fingerprint density at radius 3 is 2.65 bits per heavy atom. The van der Waals surface area contributed by atoms with E-state index in [9.17, 15) is 4.79 Å². The van der Waals surface area contributed by atoms with Crippen molar-refractivity contribution < 1.29 is 23.7 Å². The van der Waals surface area contributed by atoms with Crippen molar-refractivity contribution in [2.24, 2.45) is 0 Å². The van der Waals surface area contributed by atoms with Crippen LogP contribution in [0.2, 0.25) is 0 Å². The third-order valence-corrected chi connectivity index (χ3v) is 3.96. The van der Waals surface area contributed by atoms with E-state index >= 15 is 0 Å². The Hall–Kier alpha value is -1.85. The van der Waals surface area contributed by atoms with Gasteiger partial charge in [-0.2, -0.15) is 0 Å². The zero-order valence-corrected chi connectivity index (χ0v) is 13.7. The molecule has 0 unspecified atom stereocenters. The summed E-state index contributed by atoms with van der Waals surface area (Å²) in [6.07, 6.45) is 2.40. The molecule has 0 spiro atoms. The Labute approximate surface area is 137 Å².